The Bertz CT molecular complexity index is 1360. The minimum Gasteiger partial charge on any atom is -0.444 e. The Morgan fingerprint density at radius 2 is 1.97 bits per heavy atom. The molecule has 0 bridgehead atoms. The first kappa shape index (κ1) is 26.3. The van der Waals surface area contributed by atoms with E-state index >= 15 is 0 Å². The molecule has 3 aromatic heterocycles. The molecule has 11 heteroatoms. The Balaban J connectivity index is 1.27. The number of hydrogen-bond acceptors (Lipinski definition) is 10. The number of nitrogens with one attached hydrogen (secondary N) is 1. The summed E-state index contributed by atoms with van der Waals surface area (Å²) in [6, 6.07) is 9.57. The lowest BCUT2D eigenvalue weighted by atomic mass is 10.1. The SMILES string of the molecule is CC(C)(C)OC(=O)N(Cc1ccc(Nc2nccc(-c3cnc(N4CCCC4)c(C#N)c3)n2)cn1)C1COC1. The fourth-order valence-electron chi connectivity index (χ4n) is 4.40. The zero-order chi connectivity index (χ0) is 27.4. The van der Waals surface area contributed by atoms with Crippen LogP contribution in [0.5, 0.6) is 0 Å². The van der Waals surface area contributed by atoms with Gasteiger partial charge < -0.3 is 19.7 Å². The highest BCUT2D eigenvalue weighted by molar-refractivity contribution is 5.69. The van der Waals surface area contributed by atoms with Crippen molar-refractivity contribution in [2.24, 2.45) is 0 Å². The first-order valence-electron chi connectivity index (χ1n) is 13.1. The summed E-state index contributed by atoms with van der Waals surface area (Å²) in [6.07, 6.45) is 6.93. The molecule has 2 saturated heterocycles. The molecule has 2 aliphatic heterocycles. The van der Waals surface area contributed by atoms with Gasteiger partial charge in [0.05, 0.1) is 54.6 Å². The molecule has 0 radical (unpaired) electrons. The average Bonchev–Trinajstić information content (AvgIpc) is 3.42. The Morgan fingerprint density at radius 1 is 1.18 bits per heavy atom. The third kappa shape index (κ3) is 6.41. The predicted octanol–water partition coefficient (Wildman–Crippen LogP) is 4.28. The van der Waals surface area contributed by atoms with Crippen LogP contribution in [0.1, 0.15) is 44.9 Å². The second-order valence-electron chi connectivity index (χ2n) is 10.6. The van der Waals surface area contributed by atoms with Gasteiger partial charge in [0.2, 0.25) is 5.95 Å². The summed E-state index contributed by atoms with van der Waals surface area (Å²) in [7, 11) is 0. The predicted molar refractivity (Wildman–Crippen MR) is 145 cm³/mol. The maximum absolute atomic E-state index is 12.7. The van der Waals surface area contributed by atoms with Crippen molar-refractivity contribution in [2.45, 2.75) is 51.8 Å². The first-order chi connectivity index (χ1) is 18.8. The zero-order valence-corrected chi connectivity index (χ0v) is 22.4. The number of carbonyl (C=O) groups is 1. The third-order valence-electron chi connectivity index (χ3n) is 6.45. The Morgan fingerprint density at radius 3 is 2.62 bits per heavy atom. The van der Waals surface area contributed by atoms with Crippen molar-refractivity contribution in [1.82, 2.24) is 24.8 Å². The number of amides is 1. The minimum atomic E-state index is -0.585. The van der Waals surface area contributed by atoms with Crippen molar-refractivity contribution in [3.63, 3.8) is 0 Å². The third-order valence-corrected chi connectivity index (χ3v) is 6.45. The molecule has 2 aliphatic rings. The van der Waals surface area contributed by atoms with Gasteiger partial charge in [-0.05, 0) is 57.9 Å². The molecule has 11 nitrogen and oxygen atoms in total. The smallest absolute Gasteiger partial charge is 0.411 e. The van der Waals surface area contributed by atoms with Crippen LogP contribution in [0.25, 0.3) is 11.3 Å². The molecule has 1 amide bonds. The van der Waals surface area contributed by atoms with Crippen LogP contribution in [0.2, 0.25) is 0 Å². The number of carbonyl (C=O) groups excluding carboxylic acids is 1. The van der Waals surface area contributed by atoms with Crippen LogP contribution >= 0.6 is 0 Å². The second-order valence-corrected chi connectivity index (χ2v) is 10.6. The molecule has 5 heterocycles. The second kappa shape index (κ2) is 11.2. The van der Waals surface area contributed by atoms with Crippen LogP contribution in [-0.4, -0.2) is 68.9 Å². The maximum Gasteiger partial charge on any atom is 0.411 e. The van der Waals surface area contributed by atoms with Crippen molar-refractivity contribution < 1.29 is 14.3 Å². The van der Waals surface area contributed by atoms with Gasteiger partial charge in [-0.2, -0.15) is 5.26 Å². The van der Waals surface area contributed by atoms with Crippen molar-refractivity contribution >= 4 is 23.5 Å². The van der Waals surface area contributed by atoms with Gasteiger partial charge >= 0.3 is 6.09 Å². The normalized spacial score (nSPS) is 15.4. The molecule has 0 atom stereocenters. The Labute approximate surface area is 227 Å². The van der Waals surface area contributed by atoms with Gasteiger partial charge in [0.15, 0.2) is 0 Å². The summed E-state index contributed by atoms with van der Waals surface area (Å²) in [5.41, 5.74) is 2.78. The van der Waals surface area contributed by atoms with Gasteiger partial charge in [0.1, 0.15) is 17.5 Å². The number of aromatic nitrogens is 4. The highest BCUT2D eigenvalue weighted by Crippen LogP contribution is 2.27. The number of rotatable bonds is 7. The molecular weight excluding hydrogens is 496 g/mol. The number of nitrogens with zero attached hydrogens (tertiary/aromatic N) is 7. The first-order valence-corrected chi connectivity index (χ1v) is 13.1. The largest absolute Gasteiger partial charge is 0.444 e. The average molecular weight is 529 g/mol. The van der Waals surface area contributed by atoms with E-state index in [9.17, 15) is 10.1 Å². The van der Waals surface area contributed by atoms with Gasteiger partial charge in [-0.15, -0.1) is 0 Å². The highest BCUT2D eigenvalue weighted by atomic mass is 16.6. The van der Waals surface area contributed by atoms with E-state index < -0.39 is 5.60 Å². The molecule has 0 unspecified atom stereocenters. The van der Waals surface area contributed by atoms with Crippen LogP contribution in [0, 0.1) is 11.3 Å². The van der Waals surface area contributed by atoms with E-state index in [4.69, 9.17) is 9.47 Å². The molecule has 202 valence electrons. The highest BCUT2D eigenvalue weighted by Gasteiger charge is 2.33. The summed E-state index contributed by atoms with van der Waals surface area (Å²) in [5.74, 6) is 1.12. The van der Waals surface area contributed by atoms with Crippen LogP contribution in [0.3, 0.4) is 0 Å². The summed E-state index contributed by atoms with van der Waals surface area (Å²) < 4.78 is 10.9. The lowest BCUT2D eigenvalue weighted by molar-refractivity contribution is -0.0734. The van der Waals surface area contributed by atoms with Crippen molar-refractivity contribution in [1.29, 1.82) is 5.26 Å². The van der Waals surface area contributed by atoms with E-state index in [0.717, 1.165) is 43.0 Å². The maximum atomic E-state index is 12.7. The number of pyridine rings is 2. The van der Waals surface area contributed by atoms with Gasteiger partial charge in [0.25, 0.3) is 0 Å². The van der Waals surface area contributed by atoms with E-state index in [2.05, 4.69) is 36.2 Å². The van der Waals surface area contributed by atoms with E-state index in [1.807, 2.05) is 39.0 Å². The molecular formula is C28H32N8O3. The lowest BCUT2D eigenvalue weighted by Crippen LogP contribution is -2.52. The van der Waals surface area contributed by atoms with E-state index in [1.165, 1.54) is 0 Å². The van der Waals surface area contributed by atoms with Crippen molar-refractivity contribution in [3.8, 4) is 17.3 Å². The zero-order valence-electron chi connectivity index (χ0n) is 22.4. The van der Waals surface area contributed by atoms with Crippen LogP contribution in [0.15, 0.2) is 42.9 Å². The Hall–Kier alpha value is -4.30. The number of nitriles is 1. The molecule has 5 rings (SSSR count). The monoisotopic (exact) mass is 528 g/mol. The molecule has 39 heavy (non-hydrogen) atoms. The standard InChI is InChI=1S/C28H32N8O3/c1-28(2,3)39-27(37)36(23-17-38-18-23)16-22-7-6-21(15-31-22)33-26-30-9-8-24(34-26)20-12-19(13-29)25(32-14-20)35-10-4-5-11-35/h6-9,12,14-15,23H,4-5,10-11,16-18H2,1-3H3,(H,30,33,34). The molecule has 3 aromatic rings. The van der Waals surface area contributed by atoms with Crippen LogP contribution < -0.4 is 10.2 Å². The van der Waals surface area contributed by atoms with Gasteiger partial charge in [-0.3, -0.25) is 9.88 Å². The molecule has 0 aromatic carbocycles. The van der Waals surface area contributed by atoms with E-state index in [0.29, 0.717) is 42.7 Å². The fraction of sp³-hybridized carbons (Fsp3) is 0.429. The van der Waals surface area contributed by atoms with Crippen LogP contribution in [-0.2, 0) is 16.0 Å². The topological polar surface area (TPSA) is 129 Å². The minimum absolute atomic E-state index is 0.0314. The van der Waals surface area contributed by atoms with Crippen molar-refractivity contribution in [2.75, 3.05) is 36.5 Å². The summed E-state index contributed by atoms with van der Waals surface area (Å²) >= 11 is 0. The fourth-order valence-corrected chi connectivity index (χ4v) is 4.40. The quantitative estimate of drug-likeness (QED) is 0.474. The molecule has 0 aliphatic carbocycles. The molecule has 1 N–H and O–H groups in total. The Kier molecular flexibility index (Phi) is 7.56. The molecule has 2 fully saturated rings. The number of ether oxygens (including phenoxy) is 2. The lowest BCUT2D eigenvalue weighted by Gasteiger charge is -2.37. The van der Waals surface area contributed by atoms with Crippen LogP contribution in [0.4, 0.5) is 22.2 Å². The molecule has 0 spiro atoms. The summed E-state index contributed by atoms with van der Waals surface area (Å²) in [6.45, 7) is 8.66. The van der Waals surface area contributed by atoms with E-state index in [1.54, 1.807) is 29.6 Å². The number of anilines is 3. The summed E-state index contributed by atoms with van der Waals surface area (Å²) in [5, 5.41) is 12.9. The number of hydrogen-bond donors (Lipinski definition) is 1. The van der Waals surface area contributed by atoms with Gasteiger partial charge in [-0.1, -0.05) is 0 Å². The van der Waals surface area contributed by atoms with Gasteiger partial charge in [0, 0.05) is 31.0 Å². The van der Waals surface area contributed by atoms with E-state index in [-0.39, 0.29) is 12.1 Å². The summed E-state index contributed by atoms with van der Waals surface area (Å²) in [4.78, 5) is 34.6. The van der Waals surface area contributed by atoms with Gasteiger partial charge in [-0.25, -0.2) is 19.7 Å². The van der Waals surface area contributed by atoms with Crippen molar-refractivity contribution in [3.05, 3.63) is 54.1 Å². The molecule has 0 saturated carbocycles.